The zero-order valence-corrected chi connectivity index (χ0v) is 11.2. The molecule has 1 fully saturated rings. The number of hydrogen-bond donors (Lipinski definition) is 3. The lowest BCUT2D eigenvalue weighted by molar-refractivity contribution is -0.0110. The van der Waals surface area contributed by atoms with Gasteiger partial charge in [0.15, 0.2) is 5.78 Å². The summed E-state index contributed by atoms with van der Waals surface area (Å²) in [6.07, 6.45) is -5.03. The van der Waals surface area contributed by atoms with Gasteiger partial charge in [-0.1, -0.05) is 30.3 Å². The molecule has 20 heavy (non-hydrogen) atoms. The highest BCUT2D eigenvalue weighted by Gasteiger charge is 2.47. The van der Waals surface area contributed by atoms with Crippen molar-refractivity contribution in [1.29, 1.82) is 0 Å². The molecule has 3 N–H and O–H groups in total. The second-order valence-corrected chi connectivity index (χ2v) is 5.07. The van der Waals surface area contributed by atoms with Gasteiger partial charge in [0.05, 0.1) is 0 Å². The van der Waals surface area contributed by atoms with Gasteiger partial charge in [-0.25, -0.2) is 0 Å². The van der Waals surface area contributed by atoms with E-state index in [1.165, 1.54) is 0 Å². The molecule has 0 amide bonds. The van der Waals surface area contributed by atoms with Crippen molar-refractivity contribution in [3.8, 4) is 0 Å². The van der Waals surface area contributed by atoms with E-state index in [2.05, 4.69) is 4.52 Å². The maximum absolute atomic E-state index is 12.1. The minimum atomic E-state index is -2.83. The number of carbonyl (C=O) groups is 1. The van der Waals surface area contributed by atoms with Gasteiger partial charge >= 0.3 is 8.25 Å². The fourth-order valence-electron chi connectivity index (χ4n) is 2.01. The highest BCUT2D eigenvalue weighted by Crippen LogP contribution is 2.26. The molecule has 7 nitrogen and oxygen atoms in total. The number of ketones is 1. The molecule has 2 rings (SSSR count). The first-order valence-electron chi connectivity index (χ1n) is 5.90. The van der Waals surface area contributed by atoms with E-state index >= 15 is 0 Å². The topological polar surface area (TPSA) is 113 Å². The normalized spacial score (nSPS) is 30.2. The van der Waals surface area contributed by atoms with Crippen LogP contribution >= 0.6 is 8.25 Å². The highest BCUT2D eigenvalue weighted by molar-refractivity contribution is 7.32. The Morgan fingerprint density at radius 1 is 1.25 bits per heavy atom. The maximum Gasteiger partial charge on any atom is 0.694 e. The molecule has 5 atom stereocenters. The van der Waals surface area contributed by atoms with Crippen LogP contribution in [0.4, 0.5) is 0 Å². The van der Waals surface area contributed by atoms with Gasteiger partial charge in [0.25, 0.3) is 0 Å². The van der Waals surface area contributed by atoms with Crippen LogP contribution in [0.5, 0.6) is 0 Å². The minimum absolute atomic E-state index is 0.346. The van der Waals surface area contributed by atoms with Crippen molar-refractivity contribution < 1.29 is 33.7 Å². The van der Waals surface area contributed by atoms with E-state index in [9.17, 15) is 19.6 Å². The summed E-state index contributed by atoms with van der Waals surface area (Å²) in [5.74, 6) is -0.465. The summed E-state index contributed by atoms with van der Waals surface area (Å²) in [5.41, 5.74) is 0.346. The van der Waals surface area contributed by atoms with Gasteiger partial charge in [-0.05, 0) is 0 Å². The molecule has 1 aliphatic rings. The van der Waals surface area contributed by atoms with Gasteiger partial charge in [-0.15, -0.1) is 9.42 Å². The maximum atomic E-state index is 12.1. The van der Waals surface area contributed by atoms with Crippen LogP contribution in [-0.2, 0) is 13.8 Å². The van der Waals surface area contributed by atoms with Crippen molar-refractivity contribution in [3.05, 3.63) is 35.9 Å². The van der Waals surface area contributed by atoms with Crippen LogP contribution in [0, 0.1) is 0 Å². The van der Waals surface area contributed by atoms with Crippen molar-refractivity contribution in [2.75, 3.05) is 6.61 Å². The van der Waals surface area contributed by atoms with Crippen molar-refractivity contribution in [3.63, 3.8) is 0 Å². The summed E-state index contributed by atoms with van der Waals surface area (Å²) in [6.45, 7) is -0.386. The molecule has 1 aromatic carbocycles. The standard InChI is InChI=1S/C12H13O7P/c13-9(7-4-2-1-3-5-7)12-11(15)10(14)8(19-12)6-18-20(16)17/h1-5,8,10-12,14-15H,6H2/p+1. The molecule has 1 aliphatic heterocycles. The van der Waals surface area contributed by atoms with Crippen molar-refractivity contribution in [2.24, 2.45) is 0 Å². The third-order valence-corrected chi connectivity index (χ3v) is 3.40. The summed E-state index contributed by atoms with van der Waals surface area (Å²) in [4.78, 5) is 20.7. The Bertz CT molecular complexity index is 492. The number of ether oxygens (including phenoxy) is 1. The van der Waals surface area contributed by atoms with Gasteiger partial charge in [0, 0.05) is 10.1 Å². The molecule has 0 aliphatic carbocycles. The van der Waals surface area contributed by atoms with Gasteiger partial charge in [0.1, 0.15) is 31.0 Å². The highest BCUT2D eigenvalue weighted by atomic mass is 31.1. The lowest BCUT2D eigenvalue weighted by atomic mass is 10.0. The fourth-order valence-corrected chi connectivity index (χ4v) is 2.28. The van der Waals surface area contributed by atoms with Gasteiger partial charge in [-0.2, -0.15) is 0 Å². The number of hydrogen-bond acceptors (Lipinski definition) is 6. The van der Waals surface area contributed by atoms with Crippen molar-refractivity contribution in [1.82, 2.24) is 0 Å². The Hall–Kier alpha value is -1.21. The number of carbonyl (C=O) groups excluding carboxylic acids is 1. The molecule has 0 saturated carbocycles. The molecule has 0 aromatic heterocycles. The van der Waals surface area contributed by atoms with E-state index in [1.54, 1.807) is 30.3 Å². The summed E-state index contributed by atoms with van der Waals surface area (Å²) >= 11 is 0. The molecular weight excluding hydrogens is 287 g/mol. The van der Waals surface area contributed by atoms with Crippen LogP contribution < -0.4 is 0 Å². The van der Waals surface area contributed by atoms with Crippen molar-refractivity contribution in [2.45, 2.75) is 24.4 Å². The summed E-state index contributed by atoms with van der Waals surface area (Å²) in [7, 11) is -2.83. The largest absolute Gasteiger partial charge is 0.694 e. The van der Waals surface area contributed by atoms with Crippen LogP contribution in [0.1, 0.15) is 10.4 Å². The van der Waals surface area contributed by atoms with Gasteiger partial charge in [0.2, 0.25) is 0 Å². The van der Waals surface area contributed by atoms with E-state index in [4.69, 9.17) is 9.63 Å². The first kappa shape index (κ1) is 15.2. The number of aliphatic hydroxyl groups is 2. The molecule has 1 saturated heterocycles. The molecule has 0 radical (unpaired) electrons. The third-order valence-electron chi connectivity index (χ3n) is 3.03. The minimum Gasteiger partial charge on any atom is -0.387 e. The van der Waals surface area contributed by atoms with Crippen LogP contribution in [0.2, 0.25) is 0 Å². The van der Waals surface area contributed by atoms with E-state index in [1.807, 2.05) is 0 Å². The van der Waals surface area contributed by atoms with Crippen LogP contribution in [0.25, 0.3) is 0 Å². The predicted octanol–water partition coefficient (Wildman–Crippen LogP) is 0.0248. The van der Waals surface area contributed by atoms with E-state index in [0.717, 1.165) is 0 Å². The molecule has 1 aromatic rings. The monoisotopic (exact) mass is 301 g/mol. The zero-order chi connectivity index (χ0) is 14.7. The molecule has 0 bridgehead atoms. The summed E-state index contributed by atoms with van der Waals surface area (Å²) < 4.78 is 20.1. The van der Waals surface area contributed by atoms with Crippen LogP contribution in [-0.4, -0.2) is 51.9 Å². The Labute approximate surface area is 115 Å². The number of benzene rings is 1. The van der Waals surface area contributed by atoms with Gasteiger partial charge in [-0.3, -0.25) is 4.79 Å². The van der Waals surface area contributed by atoms with Crippen LogP contribution in [0.15, 0.2) is 30.3 Å². The number of rotatable bonds is 5. The number of Topliss-reactive ketones (excluding diaryl/α,β-unsaturated/α-hetero) is 1. The molecule has 0 spiro atoms. The smallest absolute Gasteiger partial charge is 0.387 e. The summed E-state index contributed by atoms with van der Waals surface area (Å²) in [6, 6.07) is 8.22. The Morgan fingerprint density at radius 2 is 1.90 bits per heavy atom. The molecular formula is C12H14O7P+. The average Bonchev–Trinajstić information content (AvgIpc) is 2.73. The first-order chi connectivity index (χ1) is 9.50. The summed E-state index contributed by atoms with van der Waals surface area (Å²) in [5, 5.41) is 19.6. The Kier molecular flexibility index (Phi) is 4.93. The second-order valence-electron chi connectivity index (χ2n) is 4.34. The first-order valence-corrected chi connectivity index (χ1v) is 7.03. The zero-order valence-electron chi connectivity index (χ0n) is 10.3. The van der Waals surface area contributed by atoms with Crippen LogP contribution in [0.3, 0.4) is 0 Å². The Balaban J connectivity index is 2.06. The van der Waals surface area contributed by atoms with Gasteiger partial charge < -0.3 is 14.9 Å². The second kappa shape index (κ2) is 6.49. The molecule has 5 unspecified atom stereocenters. The molecule has 8 heteroatoms. The SMILES string of the molecule is O=C(c1ccccc1)C1OC(CO[P+](=O)O)C(O)C1O. The average molecular weight is 301 g/mol. The van der Waals surface area contributed by atoms with E-state index < -0.39 is 38.5 Å². The Morgan fingerprint density at radius 3 is 2.50 bits per heavy atom. The predicted molar refractivity (Wildman–Crippen MR) is 67.2 cm³/mol. The lowest BCUT2D eigenvalue weighted by Gasteiger charge is -2.13. The lowest BCUT2D eigenvalue weighted by Crippen LogP contribution is -2.37. The molecule has 1 heterocycles. The van der Waals surface area contributed by atoms with E-state index in [-0.39, 0.29) is 6.61 Å². The van der Waals surface area contributed by atoms with E-state index in [0.29, 0.717) is 5.56 Å². The fraction of sp³-hybridized carbons (Fsp3) is 0.417. The van der Waals surface area contributed by atoms with Crippen molar-refractivity contribution >= 4 is 14.0 Å². The molecule has 108 valence electrons. The number of aliphatic hydroxyl groups excluding tert-OH is 2. The quantitative estimate of drug-likeness (QED) is 0.519. The third kappa shape index (κ3) is 3.27.